The minimum Gasteiger partial charge on any atom is -0.369 e. The van der Waals surface area contributed by atoms with E-state index in [-0.39, 0.29) is 23.1 Å². The summed E-state index contributed by atoms with van der Waals surface area (Å²) in [5, 5.41) is 0. The number of nitrogens with zero attached hydrogens (tertiary/aromatic N) is 1. The molecule has 98 valence electrons. The quantitative estimate of drug-likeness (QED) is 0.717. The monoisotopic (exact) mass is 241 g/mol. The fourth-order valence-electron chi connectivity index (χ4n) is 1.95. The van der Waals surface area contributed by atoms with E-state index in [1.54, 1.807) is 4.90 Å². The molecule has 0 spiro atoms. The van der Waals surface area contributed by atoms with Gasteiger partial charge in [-0.05, 0) is 18.3 Å². The van der Waals surface area contributed by atoms with Crippen LogP contribution in [0.25, 0.3) is 0 Å². The van der Waals surface area contributed by atoms with Crippen molar-refractivity contribution in [3.05, 3.63) is 0 Å². The van der Waals surface area contributed by atoms with Crippen LogP contribution in [0.1, 0.15) is 33.6 Å². The third-order valence-corrected chi connectivity index (χ3v) is 3.41. The first-order valence-corrected chi connectivity index (χ1v) is 6.07. The molecule has 0 aromatic rings. The highest BCUT2D eigenvalue weighted by molar-refractivity contribution is 5.83. The largest absolute Gasteiger partial charge is 0.369 e. The van der Waals surface area contributed by atoms with E-state index in [2.05, 4.69) is 0 Å². The van der Waals surface area contributed by atoms with Gasteiger partial charge in [-0.1, -0.05) is 20.8 Å². The van der Waals surface area contributed by atoms with Crippen LogP contribution in [0.5, 0.6) is 0 Å². The van der Waals surface area contributed by atoms with E-state index in [1.807, 2.05) is 20.8 Å². The first-order chi connectivity index (χ1) is 7.73. The van der Waals surface area contributed by atoms with Crippen molar-refractivity contribution in [1.82, 2.24) is 4.90 Å². The number of likely N-dealkylation sites (tertiary alicyclic amines) is 1. The second-order valence-corrected chi connectivity index (χ2v) is 5.85. The molecular formula is C12H23N3O2. The van der Waals surface area contributed by atoms with Crippen LogP contribution in [0.3, 0.4) is 0 Å². The van der Waals surface area contributed by atoms with Crippen LogP contribution in [-0.2, 0) is 9.59 Å². The molecule has 5 nitrogen and oxygen atoms in total. The molecule has 0 saturated carbocycles. The molecule has 2 amide bonds. The molecule has 1 saturated heterocycles. The predicted octanol–water partition coefficient (Wildman–Crippen LogP) is 0.0837. The van der Waals surface area contributed by atoms with Gasteiger partial charge in [-0.2, -0.15) is 0 Å². The third kappa shape index (κ3) is 3.43. The lowest BCUT2D eigenvalue weighted by Gasteiger charge is -2.35. The zero-order valence-electron chi connectivity index (χ0n) is 10.9. The highest BCUT2D eigenvalue weighted by Crippen LogP contribution is 2.22. The molecule has 1 heterocycles. The number of amides is 2. The van der Waals surface area contributed by atoms with Crippen LogP contribution in [-0.4, -0.2) is 35.8 Å². The van der Waals surface area contributed by atoms with Gasteiger partial charge in [0.15, 0.2) is 0 Å². The molecule has 1 aliphatic heterocycles. The molecular weight excluding hydrogens is 218 g/mol. The molecule has 0 aromatic carbocycles. The van der Waals surface area contributed by atoms with Crippen LogP contribution in [0.2, 0.25) is 0 Å². The van der Waals surface area contributed by atoms with Crippen molar-refractivity contribution in [3.63, 3.8) is 0 Å². The lowest BCUT2D eigenvalue weighted by Crippen LogP contribution is -2.53. The second-order valence-electron chi connectivity index (χ2n) is 5.85. The summed E-state index contributed by atoms with van der Waals surface area (Å²) in [5.74, 6) is -0.387. The standard InChI is InChI=1S/C12H23N3O2/c1-12(2,3)9(13)11(17)15-6-4-8(5-7-15)10(14)16/h8-9H,4-7,13H2,1-3H3,(H2,14,16)/t9-/m0/s1. The normalized spacial score (nSPS) is 20.1. The van der Waals surface area contributed by atoms with Crippen molar-refractivity contribution in [2.75, 3.05) is 13.1 Å². The summed E-state index contributed by atoms with van der Waals surface area (Å²) in [4.78, 5) is 24.9. The maximum Gasteiger partial charge on any atom is 0.240 e. The van der Waals surface area contributed by atoms with Gasteiger partial charge < -0.3 is 16.4 Å². The molecule has 0 bridgehead atoms. The van der Waals surface area contributed by atoms with Gasteiger partial charge in [0.25, 0.3) is 0 Å². The molecule has 1 atom stereocenters. The number of rotatable bonds is 2. The zero-order chi connectivity index (χ0) is 13.2. The highest BCUT2D eigenvalue weighted by atomic mass is 16.2. The van der Waals surface area contributed by atoms with Crippen molar-refractivity contribution in [1.29, 1.82) is 0 Å². The minimum atomic E-state index is -0.493. The highest BCUT2D eigenvalue weighted by Gasteiger charge is 2.33. The third-order valence-electron chi connectivity index (χ3n) is 3.41. The zero-order valence-corrected chi connectivity index (χ0v) is 10.9. The van der Waals surface area contributed by atoms with Crippen molar-refractivity contribution in [2.24, 2.45) is 22.8 Å². The molecule has 0 unspecified atom stereocenters. The first kappa shape index (κ1) is 14.0. The summed E-state index contributed by atoms with van der Waals surface area (Å²) in [6, 6.07) is -0.493. The summed E-state index contributed by atoms with van der Waals surface area (Å²) < 4.78 is 0. The number of carbonyl (C=O) groups excluding carboxylic acids is 2. The summed E-state index contributed by atoms with van der Waals surface area (Å²) in [6.45, 7) is 7.01. The summed E-state index contributed by atoms with van der Waals surface area (Å²) >= 11 is 0. The summed E-state index contributed by atoms with van der Waals surface area (Å²) in [7, 11) is 0. The van der Waals surface area contributed by atoms with Crippen LogP contribution in [0.4, 0.5) is 0 Å². The topological polar surface area (TPSA) is 89.4 Å². The average molecular weight is 241 g/mol. The van der Waals surface area contributed by atoms with Gasteiger partial charge in [0.1, 0.15) is 0 Å². The van der Waals surface area contributed by atoms with Gasteiger partial charge in [0.2, 0.25) is 11.8 Å². The Labute approximate surface area is 103 Å². The maximum atomic E-state index is 12.1. The van der Waals surface area contributed by atoms with E-state index < -0.39 is 6.04 Å². The first-order valence-electron chi connectivity index (χ1n) is 6.07. The van der Waals surface area contributed by atoms with Gasteiger partial charge in [-0.3, -0.25) is 9.59 Å². The maximum absolute atomic E-state index is 12.1. The Morgan fingerprint density at radius 2 is 1.71 bits per heavy atom. The lowest BCUT2D eigenvalue weighted by atomic mass is 9.86. The number of hydrogen-bond donors (Lipinski definition) is 2. The average Bonchev–Trinajstić information content (AvgIpc) is 2.26. The van der Waals surface area contributed by atoms with E-state index in [4.69, 9.17) is 11.5 Å². The second kappa shape index (κ2) is 5.04. The van der Waals surface area contributed by atoms with Gasteiger partial charge >= 0.3 is 0 Å². The fraction of sp³-hybridized carbons (Fsp3) is 0.833. The van der Waals surface area contributed by atoms with Crippen LogP contribution in [0, 0.1) is 11.3 Å². The van der Waals surface area contributed by atoms with Gasteiger partial charge in [0.05, 0.1) is 6.04 Å². The van der Waals surface area contributed by atoms with E-state index in [0.717, 1.165) is 0 Å². The molecule has 5 heteroatoms. The Bertz CT molecular complexity index is 301. The van der Waals surface area contributed by atoms with Crippen molar-refractivity contribution in [3.8, 4) is 0 Å². The number of piperidine rings is 1. The molecule has 1 fully saturated rings. The van der Waals surface area contributed by atoms with Gasteiger partial charge in [-0.25, -0.2) is 0 Å². The molecule has 1 aliphatic rings. The summed E-state index contributed by atoms with van der Waals surface area (Å²) in [5.41, 5.74) is 10.9. The van der Waals surface area contributed by atoms with Crippen molar-refractivity contribution >= 4 is 11.8 Å². The van der Waals surface area contributed by atoms with Gasteiger partial charge in [0, 0.05) is 19.0 Å². The van der Waals surface area contributed by atoms with E-state index >= 15 is 0 Å². The van der Waals surface area contributed by atoms with E-state index in [1.165, 1.54) is 0 Å². The number of primary amides is 1. The van der Waals surface area contributed by atoms with E-state index in [0.29, 0.717) is 25.9 Å². The SMILES string of the molecule is CC(C)(C)[C@@H](N)C(=O)N1CCC(C(N)=O)CC1. The minimum absolute atomic E-state index is 0.0274. The molecule has 4 N–H and O–H groups in total. The molecule has 0 aliphatic carbocycles. The molecule has 17 heavy (non-hydrogen) atoms. The van der Waals surface area contributed by atoms with Crippen LogP contribution >= 0.6 is 0 Å². The Balaban J connectivity index is 2.55. The van der Waals surface area contributed by atoms with Crippen molar-refractivity contribution in [2.45, 2.75) is 39.7 Å². The predicted molar refractivity (Wildman–Crippen MR) is 65.9 cm³/mol. The fourth-order valence-corrected chi connectivity index (χ4v) is 1.95. The van der Waals surface area contributed by atoms with Crippen LogP contribution in [0.15, 0.2) is 0 Å². The Hall–Kier alpha value is -1.10. The van der Waals surface area contributed by atoms with E-state index in [9.17, 15) is 9.59 Å². The molecule has 1 rings (SSSR count). The number of hydrogen-bond acceptors (Lipinski definition) is 3. The summed E-state index contributed by atoms with van der Waals surface area (Å²) in [6.07, 6.45) is 1.30. The smallest absolute Gasteiger partial charge is 0.240 e. The Morgan fingerprint density at radius 1 is 1.24 bits per heavy atom. The molecule has 0 aromatic heterocycles. The Morgan fingerprint density at radius 3 is 2.06 bits per heavy atom. The van der Waals surface area contributed by atoms with Crippen molar-refractivity contribution < 1.29 is 9.59 Å². The van der Waals surface area contributed by atoms with Gasteiger partial charge in [-0.15, -0.1) is 0 Å². The molecule has 0 radical (unpaired) electrons. The lowest BCUT2D eigenvalue weighted by molar-refractivity contribution is -0.138. The Kier molecular flexibility index (Phi) is 4.14. The number of carbonyl (C=O) groups is 2. The number of nitrogens with two attached hydrogens (primary N) is 2. The van der Waals surface area contributed by atoms with Crippen LogP contribution < -0.4 is 11.5 Å².